The zero-order chi connectivity index (χ0) is 18.7. The van der Waals surface area contributed by atoms with Crippen LogP contribution < -0.4 is 10.2 Å². The van der Waals surface area contributed by atoms with Crippen LogP contribution in [0.5, 0.6) is 0 Å². The fraction of sp³-hybridized carbons (Fsp3) is 0.364. The monoisotopic (exact) mass is 350 g/mol. The SMILES string of the molecule is CCC(CC)C(=O)Nc1cccc(C(=O)N2c3ccccc3CC2C)c1. The third kappa shape index (κ3) is 3.50. The van der Waals surface area contributed by atoms with E-state index < -0.39 is 0 Å². The van der Waals surface area contributed by atoms with Crippen molar-refractivity contribution < 1.29 is 9.59 Å². The zero-order valence-electron chi connectivity index (χ0n) is 15.7. The molecule has 0 saturated heterocycles. The molecule has 3 rings (SSSR count). The van der Waals surface area contributed by atoms with Gasteiger partial charge in [0.2, 0.25) is 5.91 Å². The minimum Gasteiger partial charge on any atom is -0.326 e. The predicted octanol–water partition coefficient (Wildman–Crippen LogP) is 4.65. The van der Waals surface area contributed by atoms with Crippen molar-refractivity contribution in [2.24, 2.45) is 5.92 Å². The first-order valence-electron chi connectivity index (χ1n) is 9.37. The zero-order valence-corrected chi connectivity index (χ0v) is 15.7. The van der Waals surface area contributed by atoms with Crippen LogP contribution in [-0.2, 0) is 11.2 Å². The predicted molar refractivity (Wildman–Crippen MR) is 106 cm³/mol. The summed E-state index contributed by atoms with van der Waals surface area (Å²) >= 11 is 0. The van der Waals surface area contributed by atoms with Gasteiger partial charge in [0.15, 0.2) is 0 Å². The van der Waals surface area contributed by atoms with E-state index in [-0.39, 0.29) is 23.8 Å². The van der Waals surface area contributed by atoms with Gasteiger partial charge in [0.05, 0.1) is 0 Å². The molecule has 4 heteroatoms. The molecule has 0 saturated carbocycles. The lowest BCUT2D eigenvalue weighted by molar-refractivity contribution is -0.120. The summed E-state index contributed by atoms with van der Waals surface area (Å²) in [5.74, 6) is -0.0135. The Morgan fingerprint density at radius 2 is 1.85 bits per heavy atom. The number of nitrogens with one attached hydrogen (secondary N) is 1. The van der Waals surface area contributed by atoms with Crippen molar-refractivity contribution in [2.45, 2.75) is 46.1 Å². The van der Waals surface area contributed by atoms with Crippen LogP contribution in [0.1, 0.15) is 49.5 Å². The maximum absolute atomic E-state index is 13.1. The van der Waals surface area contributed by atoms with Crippen LogP contribution in [0, 0.1) is 5.92 Å². The minimum atomic E-state index is -0.0268. The Balaban J connectivity index is 1.82. The van der Waals surface area contributed by atoms with Crippen molar-refractivity contribution in [3.05, 3.63) is 59.7 Å². The van der Waals surface area contributed by atoms with E-state index >= 15 is 0 Å². The quantitative estimate of drug-likeness (QED) is 0.853. The Hall–Kier alpha value is -2.62. The standard InChI is InChI=1S/C22H26N2O2/c1-4-16(5-2)21(25)23-19-11-8-10-18(14-19)22(26)24-15(3)13-17-9-6-7-12-20(17)24/h6-12,14-16H,4-5,13H2,1-3H3,(H,23,25). The van der Waals surface area contributed by atoms with E-state index in [0.29, 0.717) is 11.3 Å². The number of nitrogens with zero attached hydrogens (tertiary/aromatic N) is 1. The molecule has 0 radical (unpaired) electrons. The normalized spacial score (nSPS) is 15.8. The second-order valence-electron chi connectivity index (χ2n) is 6.94. The van der Waals surface area contributed by atoms with E-state index in [1.165, 1.54) is 5.56 Å². The molecule has 0 aliphatic carbocycles. The lowest BCUT2D eigenvalue weighted by Gasteiger charge is -2.23. The summed E-state index contributed by atoms with van der Waals surface area (Å²) in [6, 6.07) is 15.4. The van der Waals surface area contributed by atoms with Crippen LogP contribution >= 0.6 is 0 Å². The van der Waals surface area contributed by atoms with Gasteiger partial charge in [-0.15, -0.1) is 0 Å². The number of amides is 2. The largest absolute Gasteiger partial charge is 0.326 e. The lowest BCUT2D eigenvalue weighted by atomic mass is 10.0. The number of carbonyl (C=O) groups is 2. The number of anilines is 2. The van der Waals surface area contributed by atoms with E-state index in [9.17, 15) is 9.59 Å². The van der Waals surface area contributed by atoms with Gasteiger partial charge in [-0.3, -0.25) is 9.59 Å². The molecule has 136 valence electrons. The third-order valence-electron chi connectivity index (χ3n) is 5.16. The van der Waals surface area contributed by atoms with Crippen LogP contribution in [-0.4, -0.2) is 17.9 Å². The number of para-hydroxylation sites is 1. The van der Waals surface area contributed by atoms with Crippen molar-refractivity contribution >= 4 is 23.2 Å². The van der Waals surface area contributed by atoms with Crippen LogP contribution in [0.2, 0.25) is 0 Å². The fourth-order valence-corrected chi connectivity index (χ4v) is 3.65. The highest BCUT2D eigenvalue weighted by molar-refractivity contribution is 6.08. The molecule has 1 aliphatic heterocycles. The van der Waals surface area contributed by atoms with E-state index in [4.69, 9.17) is 0 Å². The minimum absolute atomic E-state index is 0.000149. The molecule has 4 nitrogen and oxygen atoms in total. The number of carbonyl (C=O) groups excluding carboxylic acids is 2. The van der Waals surface area contributed by atoms with E-state index in [1.807, 2.05) is 55.1 Å². The maximum Gasteiger partial charge on any atom is 0.258 e. The summed E-state index contributed by atoms with van der Waals surface area (Å²) in [7, 11) is 0. The number of rotatable bonds is 5. The van der Waals surface area contributed by atoms with Gasteiger partial charge in [-0.2, -0.15) is 0 Å². The molecule has 2 aromatic rings. The number of benzene rings is 2. The molecule has 1 heterocycles. The molecule has 1 unspecified atom stereocenters. The average molecular weight is 350 g/mol. The number of fused-ring (bicyclic) bond motifs is 1. The van der Waals surface area contributed by atoms with Crippen molar-refractivity contribution in [1.29, 1.82) is 0 Å². The fourth-order valence-electron chi connectivity index (χ4n) is 3.65. The molecular weight excluding hydrogens is 324 g/mol. The molecule has 26 heavy (non-hydrogen) atoms. The molecule has 0 bridgehead atoms. The first kappa shape index (κ1) is 18.2. The van der Waals surface area contributed by atoms with Crippen molar-refractivity contribution in [2.75, 3.05) is 10.2 Å². The van der Waals surface area contributed by atoms with Gasteiger partial charge in [-0.25, -0.2) is 0 Å². The average Bonchev–Trinajstić information content (AvgIpc) is 2.98. The summed E-state index contributed by atoms with van der Waals surface area (Å²) in [4.78, 5) is 27.3. The summed E-state index contributed by atoms with van der Waals surface area (Å²) in [6.07, 6.45) is 2.49. The van der Waals surface area contributed by atoms with E-state index in [1.54, 1.807) is 6.07 Å². The molecular formula is C22H26N2O2. The Morgan fingerprint density at radius 1 is 1.12 bits per heavy atom. The van der Waals surface area contributed by atoms with Gasteiger partial charge in [0.1, 0.15) is 0 Å². The van der Waals surface area contributed by atoms with Gasteiger partial charge in [0, 0.05) is 28.9 Å². The molecule has 2 aromatic carbocycles. The van der Waals surface area contributed by atoms with Gasteiger partial charge in [-0.1, -0.05) is 38.1 Å². The van der Waals surface area contributed by atoms with Crippen LogP contribution in [0.4, 0.5) is 11.4 Å². The van der Waals surface area contributed by atoms with Crippen molar-refractivity contribution in [3.63, 3.8) is 0 Å². The van der Waals surface area contributed by atoms with E-state index in [2.05, 4.69) is 18.3 Å². The second kappa shape index (κ2) is 7.73. The molecule has 2 amide bonds. The summed E-state index contributed by atoms with van der Waals surface area (Å²) in [5, 5.41) is 2.95. The Bertz CT molecular complexity index is 811. The van der Waals surface area contributed by atoms with Gasteiger partial charge < -0.3 is 10.2 Å². The van der Waals surface area contributed by atoms with Crippen LogP contribution in [0.3, 0.4) is 0 Å². The van der Waals surface area contributed by atoms with Crippen molar-refractivity contribution in [3.8, 4) is 0 Å². The maximum atomic E-state index is 13.1. The van der Waals surface area contributed by atoms with E-state index in [0.717, 1.165) is 24.9 Å². The smallest absolute Gasteiger partial charge is 0.258 e. The Kier molecular flexibility index (Phi) is 5.40. The topological polar surface area (TPSA) is 49.4 Å². The number of hydrogen-bond acceptors (Lipinski definition) is 2. The molecule has 0 spiro atoms. The first-order chi connectivity index (χ1) is 12.5. The lowest BCUT2D eigenvalue weighted by Crippen LogP contribution is -2.35. The Labute approximate surface area is 155 Å². The summed E-state index contributed by atoms with van der Waals surface area (Å²) in [5.41, 5.74) is 3.45. The second-order valence-corrected chi connectivity index (χ2v) is 6.94. The highest BCUT2D eigenvalue weighted by Gasteiger charge is 2.31. The van der Waals surface area contributed by atoms with Crippen molar-refractivity contribution in [1.82, 2.24) is 0 Å². The first-order valence-corrected chi connectivity index (χ1v) is 9.37. The molecule has 1 atom stereocenters. The number of hydrogen-bond donors (Lipinski definition) is 1. The van der Waals surface area contributed by atoms with Gasteiger partial charge >= 0.3 is 0 Å². The highest BCUT2D eigenvalue weighted by Crippen LogP contribution is 2.33. The third-order valence-corrected chi connectivity index (χ3v) is 5.16. The highest BCUT2D eigenvalue weighted by atomic mass is 16.2. The molecule has 1 aliphatic rings. The van der Waals surface area contributed by atoms with Gasteiger partial charge in [0.25, 0.3) is 5.91 Å². The van der Waals surface area contributed by atoms with Crippen LogP contribution in [0.15, 0.2) is 48.5 Å². The molecule has 0 fully saturated rings. The molecule has 1 N–H and O–H groups in total. The molecule has 0 aromatic heterocycles. The summed E-state index contributed by atoms with van der Waals surface area (Å²) < 4.78 is 0. The van der Waals surface area contributed by atoms with Gasteiger partial charge in [-0.05, 0) is 56.0 Å². The van der Waals surface area contributed by atoms with Crippen LogP contribution in [0.25, 0.3) is 0 Å². The Morgan fingerprint density at radius 3 is 2.58 bits per heavy atom. The summed E-state index contributed by atoms with van der Waals surface area (Å²) in [6.45, 7) is 6.09.